The van der Waals surface area contributed by atoms with Gasteiger partial charge in [0.25, 0.3) is 0 Å². The second-order valence-electron chi connectivity index (χ2n) is 6.09. The molecule has 1 aromatic heterocycles. The third-order valence-electron chi connectivity index (χ3n) is 3.43. The molecule has 23 heavy (non-hydrogen) atoms. The maximum Gasteiger partial charge on any atom is 0.224 e. The number of anilines is 2. The maximum absolute atomic E-state index is 11.7. The van der Waals surface area contributed by atoms with Gasteiger partial charge in [-0.1, -0.05) is 44.2 Å². The Morgan fingerprint density at radius 3 is 2.57 bits per heavy atom. The topological polar surface area (TPSA) is 54.0 Å². The zero-order valence-electron chi connectivity index (χ0n) is 13.9. The molecule has 4 nitrogen and oxygen atoms in total. The summed E-state index contributed by atoms with van der Waals surface area (Å²) in [6, 6.07) is 14.2. The van der Waals surface area contributed by atoms with Crippen LogP contribution < -0.4 is 10.6 Å². The van der Waals surface area contributed by atoms with E-state index in [2.05, 4.69) is 39.9 Å². The Hall–Kier alpha value is -2.36. The molecule has 0 spiro atoms. The molecule has 0 saturated carbocycles. The number of carbonyl (C=O) groups excluding carboxylic acids is 1. The minimum absolute atomic E-state index is 0.0328. The van der Waals surface area contributed by atoms with E-state index in [0.717, 1.165) is 30.9 Å². The van der Waals surface area contributed by atoms with Crippen LogP contribution in [0.1, 0.15) is 32.3 Å². The number of hydrogen-bond acceptors (Lipinski definition) is 3. The predicted molar refractivity (Wildman–Crippen MR) is 95.6 cm³/mol. The number of carbonyl (C=O) groups is 1. The van der Waals surface area contributed by atoms with Crippen LogP contribution in [0.15, 0.2) is 48.7 Å². The Morgan fingerprint density at radius 1 is 1.13 bits per heavy atom. The average Bonchev–Trinajstić information content (AvgIpc) is 2.53. The second-order valence-corrected chi connectivity index (χ2v) is 6.09. The molecule has 0 aliphatic carbocycles. The molecule has 122 valence electrons. The van der Waals surface area contributed by atoms with Crippen molar-refractivity contribution in [2.24, 2.45) is 5.92 Å². The molecular formula is C19H25N3O. The van der Waals surface area contributed by atoms with Gasteiger partial charge in [0.15, 0.2) is 0 Å². The molecule has 1 aromatic carbocycles. The highest BCUT2D eigenvalue weighted by atomic mass is 16.1. The fraction of sp³-hybridized carbons (Fsp3) is 0.368. The molecule has 0 fully saturated rings. The highest BCUT2D eigenvalue weighted by Gasteiger charge is 2.05. The quantitative estimate of drug-likeness (QED) is 0.721. The number of rotatable bonds is 8. The molecule has 0 atom stereocenters. The molecule has 0 aliphatic heterocycles. The fourth-order valence-corrected chi connectivity index (χ4v) is 2.31. The smallest absolute Gasteiger partial charge is 0.224 e. The third-order valence-corrected chi connectivity index (χ3v) is 3.43. The summed E-state index contributed by atoms with van der Waals surface area (Å²) in [5.41, 5.74) is 2.09. The first-order chi connectivity index (χ1) is 11.1. The number of benzene rings is 1. The standard InChI is InChI=1S/C19H25N3O/c1-15(2)13-19(23)22-17-10-11-18(21-14-17)20-12-6-9-16-7-4-3-5-8-16/h3-5,7-8,10-11,14-15H,6,9,12-13H2,1-2H3,(H,20,21)(H,22,23). The van der Waals surface area contributed by atoms with Crippen LogP contribution >= 0.6 is 0 Å². The average molecular weight is 311 g/mol. The van der Waals surface area contributed by atoms with E-state index in [1.807, 2.05) is 32.0 Å². The van der Waals surface area contributed by atoms with Crippen LogP contribution in [0.3, 0.4) is 0 Å². The molecule has 1 amide bonds. The Morgan fingerprint density at radius 2 is 1.91 bits per heavy atom. The van der Waals surface area contributed by atoms with Gasteiger partial charge in [-0.25, -0.2) is 4.98 Å². The summed E-state index contributed by atoms with van der Waals surface area (Å²) in [7, 11) is 0. The number of nitrogens with zero attached hydrogens (tertiary/aromatic N) is 1. The van der Waals surface area contributed by atoms with Gasteiger partial charge in [-0.3, -0.25) is 4.79 Å². The van der Waals surface area contributed by atoms with E-state index in [0.29, 0.717) is 12.3 Å². The van der Waals surface area contributed by atoms with Crippen LogP contribution in [0.25, 0.3) is 0 Å². The normalized spacial score (nSPS) is 10.6. The van der Waals surface area contributed by atoms with Crippen LogP contribution in [0.4, 0.5) is 11.5 Å². The summed E-state index contributed by atoms with van der Waals surface area (Å²) >= 11 is 0. The molecule has 1 heterocycles. The number of aryl methyl sites for hydroxylation is 1. The molecule has 2 aromatic rings. The Kier molecular flexibility index (Phi) is 6.60. The van der Waals surface area contributed by atoms with Gasteiger partial charge in [-0.2, -0.15) is 0 Å². The van der Waals surface area contributed by atoms with Crippen molar-refractivity contribution in [1.82, 2.24) is 4.98 Å². The lowest BCUT2D eigenvalue weighted by Crippen LogP contribution is -2.14. The Balaban J connectivity index is 1.71. The highest BCUT2D eigenvalue weighted by Crippen LogP contribution is 2.11. The summed E-state index contributed by atoms with van der Waals surface area (Å²) in [5.74, 6) is 1.22. The van der Waals surface area contributed by atoms with Crippen LogP contribution in [0, 0.1) is 5.92 Å². The van der Waals surface area contributed by atoms with Crippen LogP contribution in [-0.4, -0.2) is 17.4 Å². The number of hydrogen-bond donors (Lipinski definition) is 2. The number of amides is 1. The van der Waals surface area contributed by atoms with E-state index in [-0.39, 0.29) is 5.91 Å². The second kappa shape index (κ2) is 8.93. The van der Waals surface area contributed by atoms with Gasteiger partial charge < -0.3 is 10.6 Å². The van der Waals surface area contributed by atoms with Gasteiger partial charge in [0.05, 0.1) is 11.9 Å². The minimum Gasteiger partial charge on any atom is -0.370 e. The van der Waals surface area contributed by atoms with E-state index in [1.165, 1.54) is 5.56 Å². The summed E-state index contributed by atoms with van der Waals surface area (Å²) in [6.07, 6.45) is 4.33. The van der Waals surface area contributed by atoms with E-state index < -0.39 is 0 Å². The number of pyridine rings is 1. The van der Waals surface area contributed by atoms with Crippen molar-refractivity contribution in [1.29, 1.82) is 0 Å². The molecule has 0 bridgehead atoms. The summed E-state index contributed by atoms with van der Waals surface area (Å²) in [5, 5.41) is 6.16. The van der Waals surface area contributed by atoms with Gasteiger partial charge in [0.1, 0.15) is 5.82 Å². The largest absolute Gasteiger partial charge is 0.370 e. The summed E-state index contributed by atoms with van der Waals surface area (Å²) in [6.45, 7) is 4.93. The lowest BCUT2D eigenvalue weighted by Gasteiger charge is -2.09. The maximum atomic E-state index is 11.7. The van der Waals surface area contributed by atoms with Crippen LogP contribution in [0.2, 0.25) is 0 Å². The Bertz CT molecular complexity index is 594. The van der Waals surface area contributed by atoms with Crippen LogP contribution in [-0.2, 0) is 11.2 Å². The first-order valence-electron chi connectivity index (χ1n) is 8.17. The molecule has 0 radical (unpaired) electrons. The SMILES string of the molecule is CC(C)CC(=O)Nc1ccc(NCCCc2ccccc2)nc1. The van der Waals surface area contributed by atoms with E-state index in [9.17, 15) is 4.79 Å². The summed E-state index contributed by atoms with van der Waals surface area (Å²) < 4.78 is 0. The van der Waals surface area contributed by atoms with Gasteiger partial charge in [-0.15, -0.1) is 0 Å². The van der Waals surface area contributed by atoms with Crippen molar-refractivity contribution in [2.45, 2.75) is 33.1 Å². The van der Waals surface area contributed by atoms with Crippen LogP contribution in [0.5, 0.6) is 0 Å². The van der Waals surface area contributed by atoms with E-state index >= 15 is 0 Å². The lowest BCUT2D eigenvalue weighted by molar-refractivity contribution is -0.116. The van der Waals surface area contributed by atoms with Crippen molar-refractivity contribution in [3.05, 3.63) is 54.2 Å². The molecule has 0 saturated heterocycles. The molecular weight excluding hydrogens is 286 g/mol. The van der Waals surface area contributed by atoms with Crippen molar-refractivity contribution < 1.29 is 4.79 Å². The Labute approximate surface area is 138 Å². The van der Waals surface area contributed by atoms with Gasteiger partial charge in [0, 0.05) is 13.0 Å². The van der Waals surface area contributed by atoms with E-state index in [1.54, 1.807) is 6.20 Å². The molecule has 2 N–H and O–H groups in total. The van der Waals surface area contributed by atoms with Gasteiger partial charge in [-0.05, 0) is 36.5 Å². The minimum atomic E-state index is 0.0328. The third kappa shape index (κ3) is 6.51. The first kappa shape index (κ1) is 17.0. The lowest BCUT2D eigenvalue weighted by atomic mass is 10.1. The molecule has 0 aliphatic rings. The van der Waals surface area contributed by atoms with Crippen molar-refractivity contribution in [2.75, 3.05) is 17.2 Å². The van der Waals surface area contributed by atoms with E-state index in [4.69, 9.17) is 0 Å². The van der Waals surface area contributed by atoms with Gasteiger partial charge >= 0.3 is 0 Å². The predicted octanol–water partition coefficient (Wildman–Crippen LogP) is 4.11. The molecule has 0 unspecified atom stereocenters. The zero-order valence-corrected chi connectivity index (χ0v) is 13.9. The van der Waals surface area contributed by atoms with Gasteiger partial charge in [0.2, 0.25) is 5.91 Å². The van der Waals surface area contributed by atoms with Crippen molar-refractivity contribution in [3.63, 3.8) is 0 Å². The zero-order chi connectivity index (χ0) is 16.5. The molecule has 2 rings (SSSR count). The highest BCUT2D eigenvalue weighted by molar-refractivity contribution is 5.90. The summed E-state index contributed by atoms with van der Waals surface area (Å²) in [4.78, 5) is 16.0. The number of aromatic nitrogens is 1. The molecule has 4 heteroatoms. The van der Waals surface area contributed by atoms with Crippen molar-refractivity contribution >= 4 is 17.4 Å². The fourth-order valence-electron chi connectivity index (χ4n) is 2.31. The van der Waals surface area contributed by atoms with Crippen molar-refractivity contribution in [3.8, 4) is 0 Å². The number of nitrogens with one attached hydrogen (secondary N) is 2. The first-order valence-corrected chi connectivity index (χ1v) is 8.17. The monoisotopic (exact) mass is 311 g/mol.